The van der Waals surface area contributed by atoms with Crippen molar-refractivity contribution in [1.29, 1.82) is 0 Å². The molecule has 6 heteroatoms. The van der Waals surface area contributed by atoms with Gasteiger partial charge in [0, 0.05) is 5.56 Å². The van der Waals surface area contributed by atoms with E-state index in [-0.39, 0.29) is 5.56 Å². The Bertz CT molecular complexity index is 712. The second kappa shape index (κ2) is 7.74. The van der Waals surface area contributed by atoms with Crippen molar-refractivity contribution in [1.82, 2.24) is 5.32 Å². The number of imide groups is 1. The highest BCUT2D eigenvalue weighted by molar-refractivity contribution is 6.05. The van der Waals surface area contributed by atoms with Crippen LogP contribution in [0.25, 0.3) is 0 Å². The van der Waals surface area contributed by atoms with E-state index in [1.165, 1.54) is 13.2 Å². The minimum absolute atomic E-state index is 0.206. The van der Waals surface area contributed by atoms with E-state index in [1.807, 2.05) is 0 Å². The standard InChI is InChI=1S/C17H15NO5/c1-22-14-10-6-5-9-13(14)17(21)23-11-15(19)18-16(20)12-7-3-2-4-8-12/h2-10H,11H2,1H3,(H,18,19,20). The summed E-state index contributed by atoms with van der Waals surface area (Å²) in [6.45, 7) is -0.560. The van der Waals surface area contributed by atoms with E-state index in [1.54, 1.807) is 48.5 Å². The SMILES string of the molecule is COc1ccccc1C(=O)OCC(=O)NC(=O)c1ccccc1. The largest absolute Gasteiger partial charge is 0.496 e. The van der Waals surface area contributed by atoms with Gasteiger partial charge in [-0.3, -0.25) is 14.9 Å². The van der Waals surface area contributed by atoms with Gasteiger partial charge in [0.1, 0.15) is 11.3 Å². The molecule has 118 valence electrons. The van der Waals surface area contributed by atoms with Crippen LogP contribution >= 0.6 is 0 Å². The number of ether oxygens (including phenoxy) is 2. The molecule has 0 radical (unpaired) electrons. The Hall–Kier alpha value is -3.15. The minimum atomic E-state index is -0.706. The van der Waals surface area contributed by atoms with Gasteiger partial charge in [0.05, 0.1) is 7.11 Å². The van der Waals surface area contributed by atoms with Gasteiger partial charge in [-0.15, -0.1) is 0 Å². The third-order valence-corrected chi connectivity index (χ3v) is 2.95. The van der Waals surface area contributed by atoms with Crippen LogP contribution in [0.15, 0.2) is 54.6 Å². The molecule has 0 spiro atoms. The second-order valence-electron chi connectivity index (χ2n) is 4.52. The lowest BCUT2D eigenvalue weighted by atomic mass is 10.2. The van der Waals surface area contributed by atoms with E-state index in [9.17, 15) is 14.4 Å². The first kappa shape index (κ1) is 16.2. The molecule has 0 aliphatic heterocycles. The van der Waals surface area contributed by atoms with Crippen molar-refractivity contribution < 1.29 is 23.9 Å². The summed E-state index contributed by atoms with van der Waals surface area (Å²) < 4.78 is 9.93. The molecular formula is C17H15NO5. The molecule has 0 saturated carbocycles. The Kier molecular flexibility index (Phi) is 5.46. The van der Waals surface area contributed by atoms with Gasteiger partial charge in [-0.25, -0.2) is 4.79 Å². The number of rotatable bonds is 5. The fraction of sp³-hybridized carbons (Fsp3) is 0.118. The first-order chi connectivity index (χ1) is 11.1. The predicted octanol–water partition coefficient (Wildman–Crippen LogP) is 1.81. The average Bonchev–Trinajstić information content (AvgIpc) is 2.60. The molecular weight excluding hydrogens is 298 g/mol. The number of esters is 1. The quantitative estimate of drug-likeness (QED) is 0.851. The van der Waals surface area contributed by atoms with Crippen molar-refractivity contribution in [3.63, 3.8) is 0 Å². The van der Waals surface area contributed by atoms with E-state index in [4.69, 9.17) is 9.47 Å². The van der Waals surface area contributed by atoms with Gasteiger partial charge in [-0.1, -0.05) is 30.3 Å². The first-order valence-electron chi connectivity index (χ1n) is 6.81. The van der Waals surface area contributed by atoms with Crippen LogP contribution in [0, 0.1) is 0 Å². The van der Waals surface area contributed by atoms with Gasteiger partial charge in [0.15, 0.2) is 6.61 Å². The maximum absolute atomic E-state index is 11.9. The highest BCUT2D eigenvalue weighted by Crippen LogP contribution is 2.17. The Morgan fingerprint density at radius 1 is 0.957 bits per heavy atom. The fourth-order valence-electron chi connectivity index (χ4n) is 1.85. The summed E-state index contributed by atoms with van der Waals surface area (Å²) in [6.07, 6.45) is 0. The molecule has 23 heavy (non-hydrogen) atoms. The van der Waals surface area contributed by atoms with Crippen LogP contribution in [0.3, 0.4) is 0 Å². The molecule has 2 aromatic rings. The van der Waals surface area contributed by atoms with Gasteiger partial charge >= 0.3 is 5.97 Å². The van der Waals surface area contributed by atoms with E-state index in [2.05, 4.69) is 5.32 Å². The van der Waals surface area contributed by atoms with Gasteiger partial charge in [-0.05, 0) is 24.3 Å². The van der Waals surface area contributed by atoms with E-state index >= 15 is 0 Å². The van der Waals surface area contributed by atoms with Crippen LogP contribution in [-0.4, -0.2) is 31.5 Å². The molecule has 2 aromatic carbocycles. The normalized spacial score (nSPS) is 9.78. The zero-order valence-electron chi connectivity index (χ0n) is 12.4. The van der Waals surface area contributed by atoms with E-state index < -0.39 is 24.4 Å². The summed E-state index contributed by atoms with van der Waals surface area (Å²) in [5, 5.41) is 2.15. The molecule has 0 fully saturated rings. The molecule has 0 heterocycles. The van der Waals surface area contributed by atoms with Gasteiger partial charge in [0.2, 0.25) is 0 Å². The van der Waals surface area contributed by atoms with Gasteiger partial charge < -0.3 is 9.47 Å². The summed E-state index contributed by atoms with van der Waals surface area (Å²) in [5.74, 6) is -1.62. The zero-order chi connectivity index (χ0) is 16.7. The number of para-hydroxylation sites is 1. The van der Waals surface area contributed by atoms with Crippen LogP contribution in [0.2, 0.25) is 0 Å². The monoisotopic (exact) mass is 313 g/mol. The summed E-state index contributed by atoms with van der Waals surface area (Å²) in [7, 11) is 1.43. The minimum Gasteiger partial charge on any atom is -0.496 e. The summed E-state index contributed by atoms with van der Waals surface area (Å²) >= 11 is 0. The molecule has 1 N–H and O–H groups in total. The molecule has 2 amide bonds. The van der Waals surface area contributed by atoms with Crippen LogP contribution in [-0.2, 0) is 9.53 Å². The number of methoxy groups -OCH3 is 1. The highest BCUT2D eigenvalue weighted by atomic mass is 16.5. The lowest BCUT2D eigenvalue weighted by Gasteiger charge is -2.08. The smallest absolute Gasteiger partial charge is 0.342 e. The van der Waals surface area contributed by atoms with Crippen molar-refractivity contribution in [2.75, 3.05) is 13.7 Å². The molecule has 0 atom stereocenters. The molecule has 0 saturated heterocycles. The number of carbonyl (C=O) groups is 3. The zero-order valence-corrected chi connectivity index (χ0v) is 12.4. The van der Waals surface area contributed by atoms with E-state index in [0.29, 0.717) is 11.3 Å². The Morgan fingerprint density at radius 2 is 1.61 bits per heavy atom. The highest BCUT2D eigenvalue weighted by Gasteiger charge is 2.16. The number of benzene rings is 2. The summed E-state index contributed by atoms with van der Waals surface area (Å²) in [6, 6.07) is 14.8. The van der Waals surface area contributed by atoms with Crippen LogP contribution in [0.1, 0.15) is 20.7 Å². The van der Waals surface area contributed by atoms with Crippen molar-refractivity contribution in [2.45, 2.75) is 0 Å². The maximum Gasteiger partial charge on any atom is 0.342 e. The third kappa shape index (κ3) is 4.41. The lowest BCUT2D eigenvalue weighted by molar-refractivity contribution is -0.123. The van der Waals surface area contributed by atoms with Crippen molar-refractivity contribution >= 4 is 17.8 Å². The number of hydrogen-bond acceptors (Lipinski definition) is 5. The average molecular weight is 313 g/mol. The lowest BCUT2D eigenvalue weighted by Crippen LogP contribution is -2.34. The molecule has 0 aliphatic carbocycles. The molecule has 0 aromatic heterocycles. The number of hydrogen-bond donors (Lipinski definition) is 1. The van der Waals surface area contributed by atoms with Crippen LogP contribution in [0.4, 0.5) is 0 Å². The van der Waals surface area contributed by atoms with Crippen molar-refractivity contribution in [3.05, 3.63) is 65.7 Å². The van der Waals surface area contributed by atoms with Gasteiger partial charge in [0.25, 0.3) is 11.8 Å². The molecule has 0 bridgehead atoms. The predicted molar refractivity (Wildman–Crippen MR) is 82.2 cm³/mol. The van der Waals surface area contributed by atoms with Gasteiger partial charge in [-0.2, -0.15) is 0 Å². The first-order valence-corrected chi connectivity index (χ1v) is 6.81. The molecule has 2 rings (SSSR count). The fourth-order valence-corrected chi connectivity index (χ4v) is 1.85. The summed E-state index contributed by atoms with van der Waals surface area (Å²) in [4.78, 5) is 35.4. The molecule has 6 nitrogen and oxygen atoms in total. The summed E-state index contributed by atoms with van der Waals surface area (Å²) in [5.41, 5.74) is 0.550. The topological polar surface area (TPSA) is 81.7 Å². The number of carbonyl (C=O) groups excluding carboxylic acids is 3. The van der Waals surface area contributed by atoms with Crippen molar-refractivity contribution in [2.24, 2.45) is 0 Å². The maximum atomic E-state index is 11.9. The molecule has 0 unspecified atom stereocenters. The Balaban J connectivity index is 1.89. The van der Waals surface area contributed by atoms with Crippen molar-refractivity contribution in [3.8, 4) is 5.75 Å². The second-order valence-corrected chi connectivity index (χ2v) is 4.52. The Morgan fingerprint density at radius 3 is 2.30 bits per heavy atom. The van der Waals surface area contributed by atoms with Crippen LogP contribution < -0.4 is 10.1 Å². The molecule has 0 aliphatic rings. The number of nitrogens with one attached hydrogen (secondary N) is 1. The van der Waals surface area contributed by atoms with E-state index in [0.717, 1.165) is 0 Å². The third-order valence-electron chi connectivity index (χ3n) is 2.95. The Labute approximate surface area is 133 Å². The number of amides is 2. The van der Waals surface area contributed by atoms with Crippen LogP contribution in [0.5, 0.6) is 5.75 Å².